The highest BCUT2D eigenvalue weighted by molar-refractivity contribution is 5.96. The Morgan fingerprint density at radius 2 is 1.70 bits per heavy atom. The van der Waals surface area contributed by atoms with Crippen molar-refractivity contribution < 1.29 is 4.79 Å². The number of Topliss-reactive ketones (excluding diaryl/α,β-unsaturated/α-hetero) is 1. The number of carbonyl (C=O) groups is 1. The third-order valence-electron chi connectivity index (χ3n) is 3.29. The van der Waals surface area contributed by atoms with E-state index in [0.29, 0.717) is 6.42 Å². The Morgan fingerprint density at radius 3 is 2.30 bits per heavy atom. The van der Waals surface area contributed by atoms with E-state index in [4.69, 9.17) is 0 Å². The second-order valence-corrected chi connectivity index (χ2v) is 5.29. The zero-order valence-electron chi connectivity index (χ0n) is 12.4. The van der Waals surface area contributed by atoms with Crippen molar-refractivity contribution >= 4 is 5.78 Å². The largest absolute Gasteiger partial charge is 0.305 e. The van der Waals surface area contributed by atoms with Crippen LogP contribution in [-0.2, 0) is 6.54 Å². The molecule has 0 atom stereocenters. The average molecular weight is 267 g/mol. The number of hydrogen-bond acceptors (Lipinski definition) is 2. The van der Waals surface area contributed by atoms with Crippen molar-refractivity contribution in [3.63, 3.8) is 0 Å². The molecule has 0 saturated heterocycles. The molecule has 2 nitrogen and oxygen atoms in total. The Balaban J connectivity index is 2.25. The Morgan fingerprint density at radius 1 is 1.00 bits per heavy atom. The van der Waals surface area contributed by atoms with Gasteiger partial charge in [-0.3, -0.25) is 4.79 Å². The van der Waals surface area contributed by atoms with Gasteiger partial charge in [0.15, 0.2) is 5.78 Å². The van der Waals surface area contributed by atoms with E-state index in [2.05, 4.69) is 43.3 Å². The molecule has 0 saturated carbocycles. The fraction of sp³-hybridized carbons (Fsp3) is 0.278. The van der Waals surface area contributed by atoms with Crippen LogP contribution in [0.2, 0.25) is 0 Å². The van der Waals surface area contributed by atoms with Crippen LogP contribution in [0, 0.1) is 0 Å². The molecule has 0 aliphatic carbocycles. The topological polar surface area (TPSA) is 20.3 Å². The summed E-state index contributed by atoms with van der Waals surface area (Å²) in [7, 11) is 4.13. The molecule has 2 rings (SSSR count). The maximum atomic E-state index is 11.8. The van der Waals surface area contributed by atoms with Crippen LogP contribution in [0.5, 0.6) is 0 Å². The summed E-state index contributed by atoms with van der Waals surface area (Å²) in [5.41, 5.74) is 4.33. The first kappa shape index (κ1) is 14.5. The molecule has 0 aliphatic rings. The molecule has 0 fully saturated rings. The van der Waals surface area contributed by atoms with Gasteiger partial charge in [0.1, 0.15) is 0 Å². The smallest absolute Gasteiger partial charge is 0.162 e. The van der Waals surface area contributed by atoms with Crippen LogP contribution in [0.1, 0.15) is 29.3 Å². The molecule has 2 aromatic carbocycles. The number of ketones is 1. The van der Waals surface area contributed by atoms with Crippen LogP contribution in [0.3, 0.4) is 0 Å². The highest BCUT2D eigenvalue weighted by atomic mass is 16.1. The molecule has 2 heteroatoms. The second kappa shape index (κ2) is 6.49. The number of hydrogen-bond donors (Lipinski definition) is 0. The molecule has 0 spiro atoms. The van der Waals surface area contributed by atoms with Crippen LogP contribution in [0.15, 0.2) is 48.5 Å². The van der Waals surface area contributed by atoms with Crippen LogP contribution in [-0.4, -0.2) is 24.8 Å². The SMILES string of the molecule is CCC(=O)c1cccc(-c2ccc(CN(C)C)cc2)c1. The van der Waals surface area contributed by atoms with E-state index in [1.807, 2.05) is 31.2 Å². The molecule has 104 valence electrons. The van der Waals surface area contributed by atoms with E-state index in [9.17, 15) is 4.79 Å². The first-order chi connectivity index (χ1) is 9.60. The van der Waals surface area contributed by atoms with Crippen LogP contribution in [0.25, 0.3) is 11.1 Å². The van der Waals surface area contributed by atoms with Crippen molar-refractivity contribution in [2.45, 2.75) is 19.9 Å². The Kier molecular flexibility index (Phi) is 4.70. The van der Waals surface area contributed by atoms with Gasteiger partial charge in [-0.1, -0.05) is 49.4 Å². The van der Waals surface area contributed by atoms with Crippen LogP contribution < -0.4 is 0 Å². The van der Waals surface area contributed by atoms with Gasteiger partial charge in [0.2, 0.25) is 0 Å². The fourth-order valence-corrected chi connectivity index (χ4v) is 2.24. The standard InChI is InChI=1S/C18H21NO/c1-4-18(20)17-7-5-6-16(12-17)15-10-8-14(9-11-15)13-19(2)3/h5-12H,4,13H2,1-3H3. The van der Waals surface area contributed by atoms with Gasteiger partial charge in [0, 0.05) is 18.5 Å². The molecule has 2 aromatic rings. The lowest BCUT2D eigenvalue weighted by atomic mass is 9.99. The van der Waals surface area contributed by atoms with Crippen LogP contribution >= 0.6 is 0 Å². The van der Waals surface area contributed by atoms with Gasteiger partial charge in [-0.05, 0) is 36.9 Å². The summed E-state index contributed by atoms with van der Waals surface area (Å²) in [6, 6.07) is 16.4. The first-order valence-electron chi connectivity index (χ1n) is 6.97. The third kappa shape index (κ3) is 3.55. The van der Waals surface area contributed by atoms with Crippen molar-refractivity contribution in [2.24, 2.45) is 0 Å². The van der Waals surface area contributed by atoms with Gasteiger partial charge in [-0.25, -0.2) is 0 Å². The lowest BCUT2D eigenvalue weighted by Crippen LogP contribution is -2.10. The maximum absolute atomic E-state index is 11.8. The number of rotatable bonds is 5. The Hall–Kier alpha value is -1.93. The zero-order valence-corrected chi connectivity index (χ0v) is 12.4. The van der Waals surface area contributed by atoms with E-state index in [-0.39, 0.29) is 5.78 Å². The molecule has 0 aromatic heterocycles. The van der Waals surface area contributed by atoms with Crippen molar-refractivity contribution in [3.8, 4) is 11.1 Å². The van der Waals surface area contributed by atoms with Crippen molar-refractivity contribution in [1.29, 1.82) is 0 Å². The highest BCUT2D eigenvalue weighted by Crippen LogP contribution is 2.22. The predicted molar refractivity (Wildman–Crippen MR) is 83.9 cm³/mol. The zero-order chi connectivity index (χ0) is 14.5. The van der Waals surface area contributed by atoms with Gasteiger partial charge in [-0.15, -0.1) is 0 Å². The van der Waals surface area contributed by atoms with E-state index < -0.39 is 0 Å². The summed E-state index contributed by atoms with van der Waals surface area (Å²) in [6.07, 6.45) is 0.547. The minimum atomic E-state index is 0.191. The second-order valence-electron chi connectivity index (χ2n) is 5.29. The summed E-state index contributed by atoms with van der Waals surface area (Å²) >= 11 is 0. The minimum Gasteiger partial charge on any atom is -0.305 e. The lowest BCUT2D eigenvalue weighted by Gasteiger charge is -2.10. The van der Waals surface area contributed by atoms with E-state index >= 15 is 0 Å². The minimum absolute atomic E-state index is 0.191. The van der Waals surface area contributed by atoms with E-state index in [1.165, 1.54) is 5.56 Å². The normalized spacial score (nSPS) is 10.8. The molecule has 0 N–H and O–H groups in total. The summed E-state index contributed by atoms with van der Waals surface area (Å²) in [5, 5.41) is 0. The van der Waals surface area contributed by atoms with Gasteiger partial charge in [-0.2, -0.15) is 0 Å². The summed E-state index contributed by atoms with van der Waals surface area (Å²) in [6.45, 7) is 2.83. The monoisotopic (exact) mass is 267 g/mol. The van der Waals surface area contributed by atoms with Gasteiger partial charge < -0.3 is 4.90 Å². The molecular weight excluding hydrogens is 246 g/mol. The van der Waals surface area contributed by atoms with E-state index in [1.54, 1.807) is 0 Å². The maximum Gasteiger partial charge on any atom is 0.162 e. The Labute approximate surface area is 121 Å². The Bertz CT molecular complexity index is 585. The molecule has 20 heavy (non-hydrogen) atoms. The summed E-state index contributed by atoms with van der Waals surface area (Å²) < 4.78 is 0. The third-order valence-corrected chi connectivity index (χ3v) is 3.29. The molecule has 0 bridgehead atoms. The van der Waals surface area contributed by atoms with Crippen molar-refractivity contribution in [1.82, 2.24) is 4.90 Å². The molecule has 0 unspecified atom stereocenters. The van der Waals surface area contributed by atoms with Gasteiger partial charge in [0.05, 0.1) is 0 Å². The number of carbonyl (C=O) groups excluding carboxylic acids is 1. The van der Waals surface area contributed by atoms with Crippen LogP contribution in [0.4, 0.5) is 0 Å². The van der Waals surface area contributed by atoms with Gasteiger partial charge >= 0.3 is 0 Å². The summed E-state index contributed by atoms with van der Waals surface area (Å²) in [4.78, 5) is 13.9. The average Bonchev–Trinajstić information content (AvgIpc) is 2.47. The van der Waals surface area contributed by atoms with Crippen molar-refractivity contribution in [2.75, 3.05) is 14.1 Å². The molecular formula is C18H21NO. The quantitative estimate of drug-likeness (QED) is 0.763. The molecule has 0 heterocycles. The molecule has 0 amide bonds. The van der Waals surface area contributed by atoms with E-state index in [0.717, 1.165) is 23.2 Å². The van der Waals surface area contributed by atoms with Gasteiger partial charge in [0.25, 0.3) is 0 Å². The molecule has 0 radical (unpaired) electrons. The predicted octanol–water partition coefficient (Wildman–Crippen LogP) is 4.01. The highest BCUT2D eigenvalue weighted by Gasteiger charge is 2.05. The first-order valence-corrected chi connectivity index (χ1v) is 6.97. The fourth-order valence-electron chi connectivity index (χ4n) is 2.24. The summed E-state index contributed by atoms with van der Waals surface area (Å²) in [5.74, 6) is 0.191. The number of benzene rings is 2. The molecule has 0 aliphatic heterocycles. The van der Waals surface area contributed by atoms with Crippen molar-refractivity contribution in [3.05, 3.63) is 59.7 Å². The lowest BCUT2D eigenvalue weighted by molar-refractivity contribution is 0.0988. The number of nitrogens with zero attached hydrogens (tertiary/aromatic N) is 1.